The molecule has 0 aromatic rings. The third-order valence-electron chi connectivity index (χ3n) is 0. The fraction of sp³-hybridized carbons (Fsp3) is 0. The summed E-state index contributed by atoms with van der Waals surface area (Å²) >= 11 is 19.3. The van der Waals surface area contributed by atoms with Gasteiger partial charge in [0.25, 0.3) is 0 Å². The zero-order chi connectivity index (χ0) is 8.00. The topological polar surface area (TPSA) is 0 Å². The molecule has 0 nitrogen and oxygen atoms in total. The number of thiol groups is 6. The van der Waals surface area contributed by atoms with Crippen molar-refractivity contribution in [3.63, 3.8) is 0 Å². The van der Waals surface area contributed by atoms with Crippen molar-refractivity contribution in [2.45, 2.75) is 0 Å². The van der Waals surface area contributed by atoms with Crippen LogP contribution in [0.25, 0.3) is 0 Å². The van der Waals surface area contributed by atoms with Crippen LogP contribution >= 0.6 is 70.0 Å². The summed E-state index contributed by atoms with van der Waals surface area (Å²) in [6, 6.07) is 0. The lowest BCUT2D eigenvalue weighted by Crippen LogP contribution is -0.552. The molecule has 0 unspecified atom stereocenters. The Bertz CT molecular complexity index is 6.49. The second kappa shape index (κ2) is 160. The zero-order valence-electron chi connectivity index (χ0n) is 4.10. The molecule has 0 aliphatic rings. The standard InChI is InChI=1S/C2H4.3H2S2/c4*1-2/h1-2H2;3*1-2H. The maximum absolute atomic E-state index is 3.22. The second-order valence-corrected chi connectivity index (χ2v) is 0. The van der Waals surface area contributed by atoms with Crippen molar-refractivity contribution in [3.05, 3.63) is 13.2 Å². The minimum atomic E-state index is 3.00. The summed E-state index contributed by atoms with van der Waals surface area (Å²) in [6.07, 6.45) is 0. The van der Waals surface area contributed by atoms with Gasteiger partial charge in [0.2, 0.25) is 0 Å². The van der Waals surface area contributed by atoms with E-state index in [0.29, 0.717) is 0 Å². The van der Waals surface area contributed by atoms with E-state index < -0.39 is 0 Å². The van der Waals surface area contributed by atoms with Gasteiger partial charge in [0.05, 0.1) is 0 Å². The summed E-state index contributed by atoms with van der Waals surface area (Å²) in [5.41, 5.74) is 0. The first-order valence-corrected chi connectivity index (χ1v) is 5.90. The highest BCUT2D eigenvalue weighted by Gasteiger charge is 0.889. The molecule has 0 radical (unpaired) electrons. The Labute approximate surface area is 82.6 Å². The summed E-state index contributed by atoms with van der Waals surface area (Å²) in [5, 5.41) is 0. The average molecular weight is 227 g/mol. The molecule has 54 valence electrons. The van der Waals surface area contributed by atoms with Crippen LogP contribution in [0.2, 0.25) is 0 Å². The molecule has 0 fully saturated rings. The molecular formula is C2H10S6. The minimum absolute atomic E-state index is 3.00. The highest BCUT2D eigenvalue weighted by molar-refractivity contribution is 8.60. The predicted molar refractivity (Wildman–Crippen MR) is 65.2 cm³/mol. The van der Waals surface area contributed by atoms with E-state index in [2.05, 4.69) is 83.1 Å². The Hall–Kier alpha value is 1.84. The van der Waals surface area contributed by atoms with Gasteiger partial charge < -0.3 is 0 Å². The molecule has 0 aromatic heterocycles. The summed E-state index contributed by atoms with van der Waals surface area (Å²) in [7, 11) is 0. The van der Waals surface area contributed by atoms with Crippen LogP contribution in [0, 0.1) is 0 Å². The van der Waals surface area contributed by atoms with Gasteiger partial charge in [-0.2, -0.15) is 0 Å². The second-order valence-electron chi connectivity index (χ2n) is 0. The third kappa shape index (κ3) is 108. The highest BCUT2D eigenvalue weighted by atomic mass is 33.1. The maximum Gasteiger partial charge on any atom is -0.106 e. The van der Waals surface area contributed by atoms with Gasteiger partial charge in [0.15, 0.2) is 0 Å². The van der Waals surface area contributed by atoms with Crippen molar-refractivity contribution >= 4 is 70.0 Å². The van der Waals surface area contributed by atoms with Crippen molar-refractivity contribution in [2.75, 3.05) is 0 Å². The SMILES string of the molecule is C=C.SS.SS.SS. The maximum atomic E-state index is 3.22. The molecule has 0 spiro atoms. The molecule has 0 heterocycles. The van der Waals surface area contributed by atoms with Gasteiger partial charge in [0.1, 0.15) is 0 Å². The van der Waals surface area contributed by atoms with E-state index in [0.717, 1.165) is 0 Å². The number of hydrogen-bond donors (Lipinski definition) is 6. The molecule has 0 atom stereocenters. The van der Waals surface area contributed by atoms with Crippen LogP contribution in [-0.4, -0.2) is 0 Å². The van der Waals surface area contributed by atoms with Gasteiger partial charge in [-0.3, -0.25) is 0 Å². The lowest BCUT2D eigenvalue weighted by molar-refractivity contribution is 2.81. The number of hydrogen-bond acceptors (Lipinski definition) is 6. The molecule has 0 bridgehead atoms. The van der Waals surface area contributed by atoms with Crippen LogP contribution < -0.4 is 0 Å². The van der Waals surface area contributed by atoms with Crippen molar-refractivity contribution < 1.29 is 0 Å². The van der Waals surface area contributed by atoms with Gasteiger partial charge in [0, 0.05) is 0 Å². The van der Waals surface area contributed by atoms with E-state index in [-0.39, 0.29) is 0 Å². The normalized spacial score (nSPS) is 2.75. The Morgan fingerprint density at radius 1 is 0.500 bits per heavy atom. The van der Waals surface area contributed by atoms with E-state index in [1.54, 1.807) is 0 Å². The number of rotatable bonds is 0. The van der Waals surface area contributed by atoms with E-state index >= 15 is 0 Å². The molecular weight excluding hydrogens is 216 g/mol. The van der Waals surface area contributed by atoms with Crippen LogP contribution in [0.5, 0.6) is 0 Å². The largest absolute Gasteiger partial charge is 0.115 e. The van der Waals surface area contributed by atoms with E-state index in [1.165, 1.54) is 0 Å². The van der Waals surface area contributed by atoms with Gasteiger partial charge in [-0.15, -0.1) is 83.1 Å². The van der Waals surface area contributed by atoms with Crippen LogP contribution in [0.1, 0.15) is 0 Å². The van der Waals surface area contributed by atoms with Crippen LogP contribution in [-0.2, 0) is 0 Å². The molecule has 6 heteroatoms. The molecule has 0 saturated heterocycles. The average Bonchev–Trinajstić information content (AvgIpc) is 2.03. The molecule has 0 amide bonds. The first kappa shape index (κ1) is 22.5. The lowest BCUT2D eigenvalue weighted by Gasteiger charge is -1.11. The smallest absolute Gasteiger partial charge is 0.106 e. The Morgan fingerprint density at radius 2 is 0.500 bits per heavy atom. The molecule has 0 aliphatic carbocycles. The molecule has 0 N–H and O–H groups in total. The Balaban J connectivity index is -0.0000000133. The third-order valence-corrected chi connectivity index (χ3v) is 0. The van der Waals surface area contributed by atoms with Crippen molar-refractivity contribution in [2.24, 2.45) is 0 Å². The summed E-state index contributed by atoms with van der Waals surface area (Å²) in [5.74, 6) is 0. The van der Waals surface area contributed by atoms with E-state index in [4.69, 9.17) is 0 Å². The quantitative estimate of drug-likeness (QED) is 0.204. The first-order valence-electron chi connectivity index (χ1n) is 1.10. The van der Waals surface area contributed by atoms with Crippen molar-refractivity contribution in [3.8, 4) is 0 Å². The van der Waals surface area contributed by atoms with Crippen LogP contribution in [0.4, 0.5) is 0 Å². The first-order chi connectivity index (χ1) is 4.00. The predicted octanol–water partition coefficient (Wildman–Crippen LogP) is 3.09. The summed E-state index contributed by atoms with van der Waals surface area (Å²) in [6.45, 7) is 6.00. The molecule has 0 aromatic carbocycles. The van der Waals surface area contributed by atoms with Gasteiger partial charge in [-0.25, -0.2) is 0 Å². The van der Waals surface area contributed by atoms with E-state index in [9.17, 15) is 0 Å². The zero-order valence-corrected chi connectivity index (χ0v) is 9.46. The van der Waals surface area contributed by atoms with Crippen molar-refractivity contribution in [1.29, 1.82) is 0 Å². The fourth-order valence-electron chi connectivity index (χ4n) is 0. The fourth-order valence-corrected chi connectivity index (χ4v) is 0. The Kier molecular flexibility index (Phi) is 452. The molecule has 0 saturated carbocycles. The molecule has 0 rings (SSSR count). The highest BCUT2D eigenvalue weighted by Crippen LogP contribution is 1.65. The van der Waals surface area contributed by atoms with Gasteiger partial charge in [-0.1, -0.05) is 0 Å². The van der Waals surface area contributed by atoms with Crippen LogP contribution in [0.3, 0.4) is 0 Å². The van der Waals surface area contributed by atoms with Crippen molar-refractivity contribution in [1.82, 2.24) is 0 Å². The lowest BCUT2D eigenvalue weighted by atomic mass is 11.3. The summed E-state index contributed by atoms with van der Waals surface area (Å²) < 4.78 is 0. The Morgan fingerprint density at radius 3 is 0.500 bits per heavy atom. The molecule has 0 aliphatic heterocycles. The van der Waals surface area contributed by atoms with Gasteiger partial charge in [-0.05, 0) is 0 Å². The van der Waals surface area contributed by atoms with Crippen LogP contribution in [0.15, 0.2) is 13.2 Å². The minimum Gasteiger partial charge on any atom is -0.115 e. The van der Waals surface area contributed by atoms with Gasteiger partial charge >= 0.3 is 0 Å². The molecule has 8 heavy (non-hydrogen) atoms. The monoisotopic (exact) mass is 226 g/mol. The summed E-state index contributed by atoms with van der Waals surface area (Å²) in [4.78, 5) is 0. The van der Waals surface area contributed by atoms with E-state index in [1.807, 2.05) is 0 Å².